The van der Waals surface area contributed by atoms with Crippen LogP contribution in [-0.4, -0.2) is 18.4 Å². The lowest BCUT2D eigenvalue weighted by Gasteiger charge is -2.05. The summed E-state index contributed by atoms with van der Waals surface area (Å²) in [6.07, 6.45) is 15.0. The largest absolute Gasteiger partial charge is 0.370 e. The summed E-state index contributed by atoms with van der Waals surface area (Å²) >= 11 is 0. The number of amides is 2. The Morgan fingerprint density at radius 1 is 0.727 bits per heavy atom. The standard InChI is InChI=1S/C18H36N2O2/c1-2-3-4-10-13-16-20-18(22)15-12-9-7-5-6-8-11-14-17(19)21/h2-16H2,1H3,(H2,19,21)(H,20,22). The number of nitrogens with one attached hydrogen (secondary N) is 1. The van der Waals surface area contributed by atoms with Gasteiger partial charge in [-0.1, -0.05) is 64.7 Å². The summed E-state index contributed by atoms with van der Waals surface area (Å²) in [4.78, 5) is 22.2. The third kappa shape index (κ3) is 17.0. The minimum atomic E-state index is -0.198. The van der Waals surface area contributed by atoms with Crippen LogP contribution in [0, 0.1) is 0 Å². The first-order chi connectivity index (χ1) is 10.7. The molecule has 0 heterocycles. The normalized spacial score (nSPS) is 10.6. The van der Waals surface area contributed by atoms with E-state index in [9.17, 15) is 9.59 Å². The number of unbranched alkanes of at least 4 members (excludes halogenated alkanes) is 10. The SMILES string of the molecule is CCCCCCCNC(=O)CCCCCCCCCC(N)=O. The summed E-state index contributed by atoms with van der Waals surface area (Å²) < 4.78 is 0. The average Bonchev–Trinajstić information content (AvgIpc) is 2.48. The third-order valence-electron chi connectivity index (χ3n) is 3.93. The van der Waals surface area contributed by atoms with E-state index in [0.29, 0.717) is 12.8 Å². The molecule has 0 saturated heterocycles. The molecule has 3 N–H and O–H groups in total. The van der Waals surface area contributed by atoms with Gasteiger partial charge in [-0.2, -0.15) is 0 Å². The third-order valence-corrected chi connectivity index (χ3v) is 3.93. The molecule has 0 bridgehead atoms. The zero-order chi connectivity index (χ0) is 16.5. The van der Waals surface area contributed by atoms with Crippen LogP contribution in [0.1, 0.15) is 96.8 Å². The average molecular weight is 312 g/mol. The Kier molecular flexibility index (Phi) is 15.5. The fourth-order valence-corrected chi connectivity index (χ4v) is 2.51. The van der Waals surface area contributed by atoms with Gasteiger partial charge in [-0.05, 0) is 19.3 Å². The van der Waals surface area contributed by atoms with Crippen molar-refractivity contribution in [2.24, 2.45) is 5.73 Å². The second kappa shape index (κ2) is 16.3. The van der Waals surface area contributed by atoms with Crippen LogP contribution in [0.15, 0.2) is 0 Å². The molecule has 0 aromatic rings. The Hall–Kier alpha value is -1.06. The maximum Gasteiger partial charge on any atom is 0.219 e. The van der Waals surface area contributed by atoms with Gasteiger partial charge in [0.25, 0.3) is 0 Å². The highest BCUT2D eigenvalue weighted by Crippen LogP contribution is 2.09. The van der Waals surface area contributed by atoms with Gasteiger partial charge in [-0.25, -0.2) is 0 Å². The Morgan fingerprint density at radius 2 is 1.23 bits per heavy atom. The van der Waals surface area contributed by atoms with Crippen molar-refractivity contribution in [1.29, 1.82) is 0 Å². The van der Waals surface area contributed by atoms with Gasteiger partial charge in [-0.15, -0.1) is 0 Å². The zero-order valence-corrected chi connectivity index (χ0v) is 14.5. The Bertz CT molecular complexity index is 280. The molecule has 0 aliphatic rings. The highest BCUT2D eigenvalue weighted by molar-refractivity contribution is 5.75. The van der Waals surface area contributed by atoms with Gasteiger partial charge in [0.15, 0.2) is 0 Å². The lowest BCUT2D eigenvalue weighted by atomic mass is 10.1. The maximum absolute atomic E-state index is 11.6. The number of carbonyl (C=O) groups excluding carboxylic acids is 2. The molecular weight excluding hydrogens is 276 g/mol. The van der Waals surface area contributed by atoms with Crippen LogP contribution in [0.25, 0.3) is 0 Å². The van der Waals surface area contributed by atoms with Crippen molar-refractivity contribution in [3.63, 3.8) is 0 Å². The van der Waals surface area contributed by atoms with E-state index in [1.54, 1.807) is 0 Å². The number of hydrogen-bond acceptors (Lipinski definition) is 2. The molecule has 2 amide bonds. The molecular formula is C18H36N2O2. The van der Waals surface area contributed by atoms with E-state index in [1.807, 2.05) is 0 Å². The van der Waals surface area contributed by atoms with E-state index >= 15 is 0 Å². The topological polar surface area (TPSA) is 72.2 Å². The maximum atomic E-state index is 11.6. The van der Waals surface area contributed by atoms with Gasteiger partial charge in [-0.3, -0.25) is 9.59 Å². The Labute approximate surface area is 136 Å². The Balaban J connectivity index is 3.16. The smallest absolute Gasteiger partial charge is 0.219 e. The van der Waals surface area contributed by atoms with Crippen molar-refractivity contribution in [3.05, 3.63) is 0 Å². The fraction of sp³-hybridized carbons (Fsp3) is 0.889. The van der Waals surface area contributed by atoms with Crippen LogP contribution in [0.4, 0.5) is 0 Å². The number of carbonyl (C=O) groups is 2. The van der Waals surface area contributed by atoms with Crippen LogP contribution in [0.3, 0.4) is 0 Å². The van der Waals surface area contributed by atoms with E-state index in [1.165, 1.54) is 38.5 Å². The quantitative estimate of drug-likeness (QED) is 0.422. The molecule has 4 heteroatoms. The van der Waals surface area contributed by atoms with Crippen molar-refractivity contribution < 1.29 is 9.59 Å². The molecule has 0 radical (unpaired) electrons. The van der Waals surface area contributed by atoms with Crippen LogP contribution in [0.5, 0.6) is 0 Å². The summed E-state index contributed by atoms with van der Waals surface area (Å²) in [7, 11) is 0. The van der Waals surface area contributed by atoms with Crippen LogP contribution in [-0.2, 0) is 9.59 Å². The van der Waals surface area contributed by atoms with E-state index in [0.717, 1.165) is 45.1 Å². The summed E-state index contributed by atoms with van der Waals surface area (Å²) in [5, 5.41) is 3.01. The number of primary amides is 1. The van der Waals surface area contributed by atoms with Gasteiger partial charge in [0.05, 0.1) is 0 Å². The summed E-state index contributed by atoms with van der Waals surface area (Å²) in [6, 6.07) is 0. The van der Waals surface area contributed by atoms with Crippen molar-refractivity contribution in [3.8, 4) is 0 Å². The molecule has 0 spiro atoms. The molecule has 0 unspecified atom stereocenters. The van der Waals surface area contributed by atoms with Gasteiger partial charge >= 0.3 is 0 Å². The zero-order valence-electron chi connectivity index (χ0n) is 14.5. The molecule has 0 aliphatic carbocycles. The summed E-state index contributed by atoms with van der Waals surface area (Å²) in [6.45, 7) is 3.05. The Morgan fingerprint density at radius 3 is 1.82 bits per heavy atom. The molecule has 0 rings (SSSR count). The number of hydrogen-bond donors (Lipinski definition) is 2. The van der Waals surface area contributed by atoms with E-state index < -0.39 is 0 Å². The molecule has 0 aliphatic heterocycles. The molecule has 130 valence electrons. The van der Waals surface area contributed by atoms with Gasteiger partial charge in [0.1, 0.15) is 0 Å². The lowest BCUT2D eigenvalue weighted by Crippen LogP contribution is -2.23. The first kappa shape index (κ1) is 20.9. The van der Waals surface area contributed by atoms with Crippen LogP contribution in [0.2, 0.25) is 0 Å². The molecule has 4 nitrogen and oxygen atoms in total. The van der Waals surface area contributed by atoms with Gasteiger partial charge in [0, 0.05) is 19.4 Å². The van der Waals surface area contributed by atoms with E-state index in [2.05, 4.69) is 12.2 Å². The van der Waals surface area contributed by atoms with Crippen molar-refractivity contribution >= 4 is 11.8 Å². The van der Waals surface area contributed by atoms with Gasteiger partial charge in [0.2, 0.25) is 11.8 Å². The first-order valence-electron chi connectivity index (χ1n) is 9.21. The minimum absolute atomic E-state index is 0.198. The minimum Gasteiger partial charge on any atom is -0.370 e. The molecule has 0 aromatic carbocycles. The monoisotopic (exact) mass is 312 g/mol. The predicted molar refractivity (Wildman–Crippen MR) is 92.5 cm³/mol. The molecule has 0 atom stereocenters. The number of nitrogens with two attached hydrogens (primary N) is 1. The molecule has 0 saturated carbocycles. The molecule has 22 heavy (non-hydrogen) atoms. The lowest BCUT2D eigenvalue weighted by molar-refractivity contribution is -0.121. The molecule has 0 aromatic heterocycles. The highest BCUT2D eigenvalue weighted by Gasteiger charge is 2.00. The van der Waals surface area contributed by atoms with Crippen molar-refractivity contribution in [2.45, 2.75) is 96.8 Å². The second-order valence-corrected chi connectivity index (χ2v) is 6.21. The van der Waals surface area contributed by atoms with Gasteiger partial charge < -0.3 is 11.1 Å². The van der Waals surface area contributed by atoms with Crippen LogP contribution < -0.4 is 11.1 Å². The fourth-order valence-electron chi connectivity index (χ4n) is 2.51. The number of rotatable bonds is 16. The first-order valence-corrected chi connectivity index (χ1v) is 9.21. The molecule has 0 fully saturated rings. The summed E-state index contributed by atoms with van der Waals surface area (Å²) in [5.41, 5.74) is 5.09. The van der Waals surface area contributed by atoms with Crippen molar-refractivity contribution in [2.75, 3.05) is 6.54 Å². The van der Waals surface area contributed by atoms with E-state index in [4.69, 9.17) is 5.73 Å². The van der Waals surface area contributed by atoms with E-state index in [-0.39, 0.29) is 11.8 Å². The second-order valence-electron chi connectivity index (χ2n) is 6.21. The predicted octanol–water partition coefficient (Wildman–Crippen LogP) is 4.07. The van der Waals surface area contributed by atoms with Crippen molar-refractivity contribution in [1.82, 2.24) is 5.32 Å². The highest BCUT2D eigenvalue weighted by atomic mass is 16.1. The summed E-state index contributed by atoms with van der Waals surface area (Å²) in [5.74, 6) is 0.00771. The van der Waals surface area contributed by atoms with Crippen LogP contribution >= 0.6 is 0 Å².